The maximum atomic E-state index is 13.2. The minimum Gasteiger partial charge on any atom is -0.343 e. The summed E-state index contributed by atoms with van der Waals surface area (Å²) in [5, 5.41) is 11.9. The molecule has 5 rings (SSSR count). The molecule has 2 aromatic heterocycles. The predicted molar refractivity (Wildman–Crippen MR) is 132 cm³/mol. The zero-order valence-electron chi connectivity index (χ0n) is 19.3. The number of nitrogens with zero attached hydrogens (tertiary/aromatic N) is 4. The maximum Gasteiger partial charge on any atom is 0.257 e. The Morgan fingerprint density at radius 2 is 1.83 bits per heavy atom. The number of anilines is 1. The molecule has 2 aromatic carbocycles. The monoisotopic (exact) mass is 464 g/mol. The summed E-state index contributed by atoms with van der Waals surface area (Å²) in [6.45, 7) is 3.22. The molecule has 4 aromatic rings. The van der Waals surface area contributed by atoms with Gasteiger partial charge in [0.15, 0.2) is 5.65 Å². The van der Waals surface area contributed by atoms with Gasteiger partial charge in [0, 0.05) is 30.5 Å². The van der Waals surface area contributed by atoms with Gasteiger partial charge in [0.05, 0.1) is 29.0 Å². The number of aryl methyl sites for hydroxylation is 1. The molecule has 8 heteroatoms. The van der Waals surface area contributed by atoms with Crippen LogP contribution in [0.5, 0.6) is 0 Å². The number of benzene rings is 2. The molecular formula is C27H24N6O2. The van der Waals surface area contributed by atoms with Crippen molar-refractivity contribution in [1.82, 2.24) is 19.9 Å². The summed E-state index contributed by atoms with van der Waals surface area (Å²) in [6.07, 6.45) is 4.76. The van der Waals surface area contributed by atoms with Crippen LogP contribution in [0, 0.1) is 18.3 Å². The van der Waals surface area contributed by atoms with Crippen LogP contribution in [0.1, 0.15) is 56.2 Å². The van der Waals surface area contributed by atoms with Gasteiger partial charge in [-0.3, -0.25) is 9.59 Å². The van der Waals surface area contributed by atoms with E-state index in [0.29, 0.717) is 52.5 Å². The number of likely N-dealkylation sites (tertiary alicyclic amines) is 1. The normalized spacial score (nSPS) is 14.0. The van der Waals surface area contributed by atoms with Gasteiger partial charge in [-0.15, -0.1) is 0 Å². The van der Waals surface area contributed by atoms with E-state index in [0.717, 1.165) is 18.4 Å². The highest BCUT2D eigenvalue weighted by molar-refractivity contribution is 6.06. The van der Waals surface area contributed by atoms with Crippen molar-refractivity contribution in [1.29, 1.82) is 5.26 Å². The van der Waals surface area contributed by atoms with E-state index < -0.39 is 0 Å². The summed E-state index contributed by atoms with van der Waals surface area (Å²) in [5.74, 6) is 0.0322. The van der Waals surface area contributed by atoms with Crippen LogP contribution in [0.3, 0.4) is 0 Å². The fraction of sp³-hybridized carbons (Fsp3) is 0.222. The van der Waals surface area contributed by atoms with Crippen LogP contribution in [-0.2, 0) is 0 Å². The molecule has 0 aliphatic carbocycles. The van der Waals surface area contributed by atoms with E-state index in [4.69, 9.17) is 5.26 Å². The summed E-state index contributed by atoms with van der Waals surface area (Å²) in [5.41, 5.74) is 5.51. The number of H-pyrrole nitrogens is 1. The summed E-state index contributed by atoms with van der Waals surface area (Å²) in [6, 6.07) is 17.0. The summed E-state index contributed by atoms with van der Waals surface area (Å²) < 4.78 is 0. The number of imidazole rings is 1. The predicted octanol–water partition coefficient (Wildman–Crippen LogP) is 4.41. The van der Waals surface area contributed by atoms with Crippen LogP contribution in [0.4, 0.5) is 5.69 Å². The highest BCUT2D eigenvalue weighted by Crippen LogP contribution is 2.29. The van der Waals surface area contributed by atoms with Gasteiger partial charge < -0.3 is 15.2 Å². The van der Waals surface area contributed by atoms with Gasteiger partial charge in [-0.25, -0.2) is 9.97 Å². The Kier molecular flexibility index (Phi) is 5.98. The lowest BCUT2D eigenvalue weighted by Crippen LogP contribution is -2.38. The Balaban J connectivity index is 1.26. The zero-order valence-corrected chi connectivity index (χ0v) is 19.3. The highest BCUT2D eigenvalue weighted by Gasteiger charge is 2.25. The number of rotatable bonds is 4. The van der Waals surface area contributed by atoms with Crippen LogP contribution >= 0.6 is 0 Å². The van der Waals surface area contributed by atoms with Gasteiger partial charge in [-0.2, -0.15) is 5.26 Å². The number of pyridine rings is 1. The average molecular weight is 465 g/mol. The molecule has 0 atom stereocenters. The minimum absolute atomic E-state index is 0.0423. The molecule has 2 amide bonds. The molecule has 0 saturated carbocycles. The van der Waals surface area contributed by atoms with Gasteiger partial charge >= 0.3 is 0 Å². The van der Waals surface area contributed by atoms with Crippen molar-refractivity contribution in [2.75, 3.05) is 18.4 Å². The van der Waals surface area contributed by atoms with E-state index >= 15 is 0 Å². The van der Waals surface area contributed by atoms with Gasteiger partial charge in [-0.05, 0) is 67.1 Å². The van der Waals surface area contributed by atoms with Gasteiger partial charge in [0.25, 0.3) is 11.8 Å². The summed E-state index contributed by atoms with van der Waals surface area (Å²) in [7, 11) is 0. The lowest BCUT2D eigenvalue weighted by Gasteiger charge is -2.32. The quantitative estimate of drug-likeness (QED) is 0.464. The molecule has 35 heavy (non-hydrogen) atoms. The van der Waals surface area contributed by atoms with Crippen molar-refractivity contribution in [2.24, 2.45) is 0 Å². The molecular weight excluding hydrogens is 440 g/mol. The van der Waals surface area contributed by atoms with Crippen LogP contribution < -0.4 is 5.32 Å². The number of amides is 2. The van der Waals surface area contributed by atoms with Crippen molar-refractivity contribution < 1.29 is 9.59 Å². The fourth-order valence-corrected chi connectivity index (χ4v) is 4.47. The van der Waals surface area contributed by atoms with E-state index in [1.807, 2.05) is 42.2 Å². The van der Waals surface area contributed by atoms with Crippen molar-refractivity contribution in [3.05, 3.63) is 88.9 Å². The summed E-state index contributed by atoms with van der Waals surface area (Å²) in [4.78, 5) is 39.1. The highest BCUT2D eigenvalue weighted by atomic mass is 16.2. The smallest absolute Gasteiger partial charge is 0.257 e. The van der Waals surface area contributed by atoms with Crippen molar-refractivity contribution in [3.63, 3.8) is 0 Å². The number of carbonyl (C=O) groups excluding carboxylic acids is 2. The van der Waals surface area contributed by atoms with Crippen molar-refractivity contribution in [2.45, 2.75) is 25.7 Å². The van der Waals surface area contributed by atoms with Crippen molar-refractivity contribution >= 4 is 28.7 Å². The molecule has 3 heterocycles. The number of fused-ring (bicyclic) bond motifs is 1. The molecule has 1 fully saturated rings. The fourth-order valence-electron chi connectivity index (χ4n) is 4.47. The second-order valence-electron chi connectivity index (χ2n) is 8.78. The number of piperidine rings is 1. The molecule has 8 nitrogen and oxygen atoms in total. The molecule has 0 bridgehead atoms. The molecule has 0 unspecified atom stereocenters. The van der Waals surface area contributed by atoms with E-state index in [-0.39, 0.29) is 11.8 Å². The number of aromatic amines is 1. The Labute approximate surface area is 202 Å². The minimum atomic E-state index is -0.301. The van der Waals surface area contributed by atoms with Crippen LogP contribution in [-0.4, -0.2) is 44.8 Å². The molecule has 0 radical (unpaired) electrons. The molecule has 1 saturated heterocycles. The third kappa shape index (κ3) is 4.62. The number of aromatic nitrogens is 3. The molecule has 1 aliphatic heterocycles. The topological polar surface area (TPSA) is 115 Å². The lowest BCUT2D eigenvalue weighted by molar-refractivity contribution is 0.0712. The van der Waals surface area contributed by atoms with Crippen molar-refractivity contribution in [3.8, 4) is 6.07 Å². The second-order valence-corrected chi connectivity index (χ2v) is 8.78. The number of hydrogen-bond donors (Lipinski definition) is 2. The Hall–Kier alpha value is -4.51. The van der Waals surface area contributed by atoms with E-state index in [9.17, 15) is 9.59 Å². The number of nitrogens with one attached hydrogen (secondary N) is 2. The first kappa shape index (κ1) is 22.3. The molecule has 1 aliphatic rings. The molecule has 0 spiro atoms. The van der Waals surface area contributed by atoms with Gasteiger partial charge in [0.2, 0.25) is 0 Å². The van der Waals surface area contributed by atoms with Crippen LogP contribution in [0.25, 0.3) is 11.2 Å². The number of hydrogen-bond acceptors (Lipinski definition) is 5. The summed E-state index contributed by atoms with van der Waals surface area (Å²) >= 11 is 0. The Morgan fingerprint density at radius 3 is 2.57 bits per heavy atom. The maximum absolute atomic E-state index is 13.2. The molecule has 174 valence electrons. The first-order valence-corrected chi connectivity index (χ1v) is 11.5. The molecule has 2 N–H and O–H groups in total. The average Bonchev–Trinajstić information content (AvgIpc) is 3.38. The lowest BCUT2D eigenvalue weighted by atomic mass is 9.89. The number of nitriles is 1. The van der Waals surface area contributed by atoms with E-state index in [1.165, 1.54) is 18.1 Å². The first-order chi connectivity index (χ1) is 17.0. The third-order valence-electron chi connectivity index (χ3n) is 6.56. The third-order valence-corrected chi connectivity index (χ3v) is 6.56. The first-order valence-electron chi connectivity index (χ1n) is 11.5. The number of carbonyl (C=O) groups is 2. The van der Waals surface area contributed by atoms with Gasteiger partial charge in [0.1, 0.15) is 0 Å². The van der Waals surface area contributed by atoms with Crippen LogP contribution in [0.2, 0.25) is 0 Å². The largest absolute Gasteiger partial charge is 0.343 e. The Bertz CT molecular complexity index is 1440. The Morgan fingerprint density at radius 1 is 1.06 bits per heavy atom. The van der Waals surface area contributed by atoms with Crippen LogP contribution in [0.15, 0.2) is 61.1 Å². The van der Waals surface area contributed by atoms with E-state index in [2.05, 4.69) is 26.3 Å². The zero-order chi connectivity index (χ0) is 24.4. The second kappa shape index (κ2) is 9.39. The standard InChI is InChI=1S/C27H24N6O2/c1-17-2-5-21(12-23(17)32-26(34)22-13-24-25(29-15-22)31-16-30-24)27(35)33-10-8-20(9-11-33)19-6-3-18(14-28)4-7-19/h2-7,12-13,15-16,20H,8-11H2,1H3,(H,32,34)(H,29,30,31). The van der Waals surface area contributed by atoms with Gasteiger partial charge in [-0.1, -0.05) is 18.2 Å². The van der Waals surface area contributed by atoms with E-state index in [1.54, 1.807) is 18.2 Å². The SMILES string of the molecule is Cc1ccc(C(=O)N2CCC(c3ccc(C#N)cc3)CC2)cc1NC(=O)c1cnc2nc[nH]c2c1.